The van der Waals surface area contributed by atoms with Crippen molar-refractivity contribution in [2.45, 2.75) is 32.8 Å². The zero-order valence-electron chi connectivity index (χ0n) is 9.82. The highest BCUT2D eigenvalue weighted by Gasteiger charge is 2.12. The monoisotopic (exact) mass is 257 g/mol. The highest BCUT2D eigenvalue weighted by atomic mass is 35.5. The van der Waals surface area contributed by atoms with Gasteiger partial charge in [0.15, 0.2) is 0 Å². The number of rotatable bonds is 7. The first-order chi connectivity index (χ1) is 8.15. The molecule has 0 aliphatic heterocycles. The summed E-state index contributed by atoms with van der Waals surface area (Å²) in [6.07, 6.45) is 3.31. The minimum absolute atomic E-state index is 0.0682. The molecule has 0 fully saturated rings. The highest BCUT2D eigenvalue weighted by Crippen LogP contribution is 2.25. The van der Waals surface area contributed by atoms with Crippen molar-refractivity contribution in [3.63, 3.8) is 0 Å². The van der Waals surface area contributed by atoms with Crippen molar-refractivity contribution in [2.75, 3.05) is 6.61 Å². The Labute approximate surface area is 106 Å². The Bertz CT molecular complexity index is 382. The molecule has 0 saturated carbocycles. The summed E-state index contributed by atoms with van der Waals surface area (Å²) in [6, 6.07) is 4.74. The van der Waals surface area contributed by atoms with Crippen LogP contribution in [0.4, 0.5) is 5.69 Å². The molecule has 0 aliphatic rings. The van der Waals surface area contributed by atoms with Crippen LogP contribution < -0.4 is 0 Å². The minimum atomic E-state index is -0.483. The Hall–Kier alpha value is -1.13. The summed E-state index contributed by atoms with van der Waals surface area (Å²) < 4.78 is 5.43. The van der Waals surface area contributed by atoms with Crippen molar-refractivity contribution in [1.82, 2.24) is 0 Å². The molecule has 0 atom stereocenters. The Morgan fingerprint density at radius 1 is 1.41 bits per heavy atom. The molecule has 1 aromatic carbocycles. The SMILES string of the molecule is CCCCCOCc1ccc(Cl)c([N+](=O)[O-])c1. The summed E-state index contributed by atoms with van der Waals surface area (Å²) in [5, 5.41) is 10.8. The molecule has 0 aliphatic carbocycles. The maximum atomic E-state index is 10.7. The van der Waals surface area contributed by atoms with Crippen LogP contribution in [-0.4, -0.2) is 11.5 Å². The fourth-order valence-electron chi connectivity index (χ4n) is 1.43. The van der Waals surface area contributed by atoms with Gasteiger partial charge in [0.1, 0.15) is 5.02 Å². The molecule has 0 saturated heterocycles. The van der Waals surface area contributed by atoms with E-state index in [-0.39, 0.29) is 10.7 Å². The molecule has 0 amide bonds. The number of hydrogen-bond acceptors (Lipinski definition) is 3. The molecule has 17 heavy (non-hydrogen) atoms. The topological polar surface area (TPSA) is 52.4 Å². The van der Waals surface area contributed by atoms with Crippen molar-refractivity contribution < 1.29 is 9.66 Å². The van der Waals surface area contributed by atoms with Crippen molar-refractivity contribution in [2.24, 2.45) is 0 Å². The second-order valence-electron chi connectivity index (χ2n) is 3.80. The van der Waals surface area contributed by atoms with Crippen LogP contribution in [0.5, 0.6) is 0 Å². The van der Waals surface area contributed by atoms with Gasteiger partial charge in [0.2, 0.25) is 0 Å². The molecule has 1 aromatic rings. The summed E-state index contributed by atoms with van der Waals surface area (Å²) >= 11 is 5.71. The first-order valence-electron chi connectivity index (χ1n) is 5.65. The summed E-state index contributed by atoms with van der Waals surface area (Å²) in [7, 11) is 0. The van der Waals surface area contributed by atoms with Crippen LogP contribution in [-0.2, 0) is 11.3 Å². The molecule has 4 nitrogen and oxygen atoms in total. The van der Waals surface area contributed by atoms with Crippen LogP contribution in [0.2, 0.25) is 5.02 Å². The van der Waals surface area contributed by atoms with Gasteiger partial charge >= 0.3 is 0 Å². The molecular weight excluding hydrogens is 242 g/mol. The highest BCUT2D eigenvalue weighted by molar-refractivity contribution is 6.32. The number of nitro benzene ring substituents is 1. The summed E-state index contributed by atoms with van der Waals surface area (Å²) in [5.74, 6) is 0. The molecule has 0 unspecified atom stereocenters. The number of halogens is 1. The normalized spacial score (nSPS) is 10.5. The van der Waals surface area contributed by atoms with Gasteiger partial charge in [0, 0.05) is 12.7 Å². The van der Waals surface area contributed by atoms with Gasteiger partial charge in [-0.2, -0.15) is 0 Å². The molecular formula is C12H16ClNO3. The van der Waals surface area contributed by atoms with Crippen molar-refractivity contribution >= 4 is 17.3 Å². The molecule has 0 bridgehead atoms. The van der Waals surface area contributed by atoms with Crippen molar-refractivity contribution in [1.29, 1.82) is 0 Å². The van der Waals surface area contributed by atoms with Crippen LogP contribution >= 0.6 is 11.6 Å². The molecule has 0 spiro atoms. The van der Waals surface area contributed by atoms with Gasteiger partial charge in [-0.15, -0.1) is 0 Å². The fraction of sp³-hybridized carbons (Fsp3) is 0.500. The number of hydrogen-bond donors (Lipinski definition) is 0. The average Bonchev–Trinajstić information content (AvgIpc) is 2.30. The zero-order chi connectivity index (χ0) is 12.7. The van der Waals surface area contributed by atoms with E-state index >= 15 is 0 Å². The lowest BCUT2D eigenvalue weighted by Crippen LogP contribution is -1.97. The lowest BCUT2D eigenvalue weighted by Gasteiger charge is -2.04. The third-order valence-electron chi connectivity index (χ3n) is 2.37. The van der Waals surface area contributed by atoms with Crippen LogP contribution in [0.25, 0.3) is 0 Å². The average molecular weight is 258 g/mol. The lowest BCUT2D eigenvalue weighted by molar-refractivity contribution is -0.384. The van der Waals surface area contributed by atoms with E-state index in [2.05, 4.69) is 6.92 Å². The third-order valence-corrected chi connectivity index (χ3v) is 2.69. The largest absolute Gasteiger partial charge is 0.377 e. The fourth-order valence-corrected chi connectivity index (χ4v) is 1.62. The molecule has 0 aromatic heterocycles. The Kier molecular flexibility index (Phi) is 5.94. The number of nitro groups is 1. The maximum absolute atomic E-state index is 10.7. The van der Waals surface area contributed by atoms with E-state index < -0.39 is 4.92 Å². The standard InChI is InChI=1S/C12H16ClNO3/c1-2-3-4-7-17-9-10-5-6-11(13)12(8-10)14(15)16/h5-6,8H,2-4,7,9H2,1H3. The smallest absolute Gasteiger partial charge is 0.288 e. The molecule has 0 heterocycles. The quantitative estimate of drug-likeness (QED) is 0.422. The molecule has 5 heteroatoms. The summed E-state index contributed by atoms with van der Waals surface area (Å²) in [4.78, 5) is 10.2. The van der Waals surface area contributed by atoms with Crippen molar-refractivity contribution in [3.05, 3.63) is 38.9 Å². The number of unbranched alkanes of at least 4 members (excludes halogenated alkanes) is 2. The number of ether oxygens (including phenoxy) is 1. The second-order valence-corrected chi connectivity index (χ2v) is 4.21. The van der Waals surface area contributed by atoms with Gasteiger partial charge in [-0.05, 0) is 18.1 Å². The van der Waals surface area contributed by atoms with Crippen LogP contribution in [0.3, 0.4) is 0 Å². The first-order valence-corrected chi connectivity index (χ1v) is 6.03. The van der Waals surface area contributed by atoms with Gasteiger partial charge < -0.3 is 4.74 Å². The van der Waals surface area contributed by atoms with Gasteiger partial charge in [0.05, 0.1) is 11.5 Å². The lowest BCUT2D eigenvalue weighted by atomic mass is 10.2. The van der Waals surface area contributed by atoms with E-state index in [0.29, 0.717) is 13.2 Å². The van der Waals surface area contributed by atoms with Crippen LogP contribution in [0.1, 0.15) is 31.7 Å². The summed E-state index contributed by atoms with van der Waals surface area (Å²) in [5.41, 5.74) is 0.707. The van der Waals surface area contributed by atoms with Gasteiger partial charge in [-0.25, -0.2) is 0 Å². The molecule has 94 valence electrons. The van der Waals surface area contributed by atoms with E-state index in [9.17, 15) is 10.1 Å². The minimum Gasteiger partial charge on any atom is -0.377 e. The second kappa shape index (κ2) is 7.25. The van der Waals surface area contributed by atoms with Crippen molar-refractivity contribution in [3.8, 4) is 0 Å². The Morgan fingerprint density at radius 2 is 2.18 bits per heavy atom. The van der Waals surface area contributed by atoms with E-state index in [0.717, 1.165) is 24.8 Å². The van der Waals surface area contributed by atoms with E-state index in [1.54, 1.807) is 6.07 Å². The third kappa shape index (κ3) is 4.71. The van der Waals surface area contributed by atoms with E-state index in [1.165, 1.54) is 12.1 Å². The Balaban J connectivity index is 2.49. The van der Waals surface area contributed by atoms with Crippen LogP contribution in [0.15, 0.2) is 18.2 Å². The number of nitrogens with zero attached hydrogens (tertiary/aromatic N) is 1. The maximum Gasteiger partial charge on any atom is 0.288 e. The summed E-state index contributed by atoms with van der Waals surface area (Å²) in [6.45, 7) is 3.20. The Morgan fingerprint density at radius 3 is 2.82 bits per heavy atom. The van der Waals surface area contributed by atoms with Gasteiger partial charge in [-0.1, -0.05) is 37.4 Å². The first kappa shape index (κ1) is 13.9. The van der Waals surface area contributed by atoms with Crippen LogP contribution in [0, 0.1) is 10.1 Å². The molecule has 0 N–H and O–H groups in total. The zero-order valence-corrected chi connectivity index (χ0v) is 10.6. The number of benzene rings is 1. The van der Waals surface area contributed by atoms with Gasteiger partial charge in [-0.3, -0.25) is 10.1 Å². The van der Waals surface area contributed by atoms with E-state index in [4.69, 9.17) is 16.3 Å². The molecule has 1 rings (SSSR count). The predicted molar refractivity (Wildman–Crippen MR) is 67.3 cm³/mol. The van der Waals surface area contributed by atoms with Gasteiger partial charge in [0.25, 0.3) is 5.69 Å². The predicted octanol–water partition coefficient (Wildman–Crippen LogP) is 3.96. The van der Waals surface area contributed by atoms with E-state index in [1.807, 2.05) is 0 Å². The molecule has 0 radical (unpaired) electrons.